The fraction of sp³-hybridized carbons (Fsp3) is 0.130. The van der Waals surface area contributed by atoms with Gasteiger partial charge in [0.2, 0.25) is 0 Å². The van der Waals surface area contributed by atoms with Gasteiger partial charge in [-0.15, -0.1) is 22.7 Å². The maximum Gasteiger partial charge on any atom is 0.273 e. The van der Waals surface area contributed by atoms with Crippen LogP contribution < -0.4 is 14.4 Å². The van der Waals surface area contributed by atoms with Crippen LogP contribution in [0.1, 0.15) is 5.01 Å². The van der Waals surface area contributed by atoms with Crippen LogP contribution in [0.15, 0.2) is 81.7 Å². The fourth-order valence-electron chi connectivity index (χ4n) is 2.94. The zero-order valence-electron chi connectivity index (χ0n) is 17.7. The standard InChI is InChI=1S/C23H21N3O4S3/c1-26(33(28,29)23-8-5-13-31-23)18-9-11-19(12-10-18)30-15-21(27)24-14-22-25-20(16-32-22)17-6-3-2-4-7-17/h2-13,16H,14-15H2,1H3,(H,24,27). The third-order valence-electron chi connectivity index (χ3n) is 4.74. The van der Waals surface area contributed by atoms with E-state index in [1.54, 1.807) is 41.8 Å². The van der Waals surface area contributed by atoms with Gasteiger partial charge in [0, 0.05) is 18.0 Å². The van der Waals surface area contributed by atoms with Gasteiger partial charge in [0.25, 0.3) is 15.9 Å². The van der Waals surface area contributed by atoms with Crippen LogP contribution in [0, 0.1) is 0 Å². The predicted molar refractivity (Wildman–Crippen MR) is 131 cm³/mol. The number of hydrogen-bond donors (Lipinski definition) is 1. The highest BCUT2D eigenvalue weighted by Crippen LogP contribution is 2.26. The van der Waals surface area contributed by atoms with Crippen molar-refractivity contribution in [1.29, 1.82) is 0 Å². The molecule has 0 fully saturated rings. The minimum absolute atomic E-state index is 0.153. The summed E-state index contributed by atoms with van der Waals surface area (Å²) in [6, 6.07) is 19.7. The summed E-state index contributed by atoms with van der Waals surface area (Å²) < 4.78 is 32.2. The van der Waals surface area contributed by atoms with Crippen LogP contribution in [0.3, 0.4) is 0 Å². The molecule has 0 bridgehead atoms. The summed E-state index contributed by atoms with van der Waals surface area (Å²) in [5, 5.41) is 7.29. The number of hydrogen-bond acceptors (Lipinski definition) is 7. The molecular formula is C23H21N3O4S3. The number of nitrogens with zero attached hydrogens (tertiary/aromatic N) is 2. The Morgan fingerprint density at radius 2 is 1.79 bits per heavy atom. The highest BCUT2D eigenvalue weighted by Gasteiger charge is 2.22. The molecule has 4 rings (SSSR count). The molecule has 0 unspecified atom stereocenters. The zero-order valence-corrected chi connectivity index (χ0v) is 20.1. The van der Waals surface area contributed by atoms with Crippen molar-refractivity contribution in [3.63, 3.8) is 0 Å². The number of ether oxygens (including phenoxy) is 1. The lowest BCUT2D eigenvalue weighted by Crippen LogP contribution is -2.28. The minimum Gasteiger partial charge on any atom is -0.484 e. The smallest absolute Gasteiger partial charge is 0.273 e. The number of anilines is 1. The summed E-state index contributed by atoms with van der Waals surface area (Å²) in [6.45, 7) is 0.170. The van der Waals surface area contributed by atoms with Crippen LogP contribution in [0.25, 0.3) is 11.3 Å². The minimum atomic E-state index is -3.60. The number of benzene rings is 2. The van der Waals surface area contributed by atoms with Crippen molar-refractivity contribution in [3.05, 3.63) is 82.5 Å². The Bertz CT molecular complexity index is 1300. The average molecular weight is 500 g/mol. The Balaban J connectivity index is 1.27. The first kappa shape index (κ1) is 23.0. The summed E-state index contributed by atoms with van der Waals surface area (Å²) >= 11 is 2.65. The molecule has 0 aliphatic carbocycles. The molecule has 0 spiro atoms. The van der Waals surface area contributed by atoms with E-state index in [1.807, 2.05) is 35.7 Å². The second-order valence-corrected chi connectivity index (χ2v) is 11.0. The molecular weight excluding hydrogens is 478 g/mol. The lowest BCUT2D eigenvalue weighted by Gasteiger charge is -2.18. The van der Waals surface area contributed by atoms with Gasteiger partial charge in [-0.1, -0.05) is 36.4 Å². The Hall–Kier alpha value is -3.21. The van der Waals surface area contributed by atoms with Crippen molar-refractivity contribution in [1.82, 2.24) is 10.3 Å². The highest BCUT2D eigenvalue weighted by molar-refractivity contribution is 7.94. The van der Waals surface area contributed by atoms with Crippen molar-refractivity contribution >= 4 is 44.3 Å². The van der Waals surface area contributed by atoms with Gasteiger partial charge in [0.1, 0.15) is 15.0 Å². The van der Waals surface area contributed by atoms with Crippen LogP contribution in [0.2, 0.25) is 0 Å². The van der Waals surface area contributed by atoms with E-state index in [-0.39, 0.29) is 16.7 Å². The Kier molecular flexibility index (Phi) is 7.07. The van der Waals surface area contributed by atoms with E-state index in [1.165, 1.54) is 34.0 Å². The monoisotopic (exact) mass is 499 g/mol. The zero-order chi connectivity index (χ0) is 23.3. The van der Waals surface area contributed by atoms with Crippen molar-refractivity contribution in [2.75, 3.05) is 18.0 Å². The lowest BCUT2D eigenvalue weighted by molar-refractivity contribution is -0.123. The second-order valence-electron chi connectivity index (χ2n) is 6.96. The first-order valence-electron chi connectivity index (χ1n) is 9.95. The number of carbonyl (C=O) groups excluding carboxylic acids is 1. The molecule has 170 valence electrons. The van der Waals surface area contributed by atoms with E-state index < -0.39 is 10.0 Å². The normalized spacial score (nSPS) is 11.2. The van der Waals surface area contributed by atoms with Gasteiger partial charge in [-0.2, -0.15) is 0 Å². The molecule has 2 heterocycles. The molecule has 1 amide bonds. The molecule has 0 saturated heterocycles. The van der Waals surface area contributed by atoms with Crippen molar-refractivity contribution in [2.45, 2.75) is 10.8 Å². The van der Waals surface area contributed by atoms with Crippen LogP contribution in [-0.2, 0) is 21.4 Å². The topological polar surface area (TPSA) is 88.6 Å². The van der Waals surface area contributed by atoms with Crippen LogP contribution in [0.5, 0.6) is 5.75 Å². The van der Waals surface area contributed by atoms with Gasteiger partial charge in [0.15, 0.2) is 6.61 Å². The van der Waals surface area contributed by atoms with E-state index in [0.29, 0.717) is 18.0 Å². The summed E-state index contributed by atoms with van der Waals surface area (Å²) in [7, 11) is -2.09. The number of rotatable bonds is 9. The van der Waals surface area contributed by atoms with E-state index in [2.05, 4.69) is 10.3 Å². The molecule has 0 atom stereocenters. The van der Waals surface area contributed by atoms with Gasteiger partial charge < -0.3 is 10.1 Å². The Labute approximate surface area is 200 Å². The fourth-order valence-corrected chi connectivity index (χ4v) is 6.04. The summed E-state index contributed by atoms with van der Waals surface area (Å²) in [6.07, 6.45) is 0. The summed E-state index contributed by atoms with van der Waals surface area (Å²) in [5.74, 6) is 0.198. The Morgan fingerprint density at radius 1 is 1.03 bits per heavy atom. The molecule has 0 saturated carbocycles. The summed E-state index contributed by atoms with van der Waals surface area (Å²) in [5.41, 5.74) is 2.41. The van der Waals surface area contributed by atoms with E-state index >= 15 is 0 Å². The molecule has 2 aromatic carbocycles. The maximum atomic E-state index is 12.6. The maximum absolute atomic E-state index is 12.6. The second kappa shape index (κ2) is 10.2. The van der Waals surface area contributed by atoms with E-state index in [4.69, 9.17) is 4.74 Å². The van der Waals surface area contributed by atoms with E-state index in [0.717, 1.165) is 16.3 Å². The number of nitrogens with one attached hydrogen (secondary N) is 1. The molecule has 0 aliphatic heterocycles. The first-order chi connectivity index (χ1) is 15.9. The SMILES string of the molecule is CN(c1ccc(OCC(=O)NCc2nc(-c3ccccc3)cs2)cc1)S(=O)(=O)c1cccs1. The average Bonchev–Trinajstić information content (AvgIpc) is 3.55. The van der Waals surface area contributed by atoms with Crippen molar-refractivity contribution < 1.29 is 17.9 Å². The summed E-state index contributed by atoms with van der Waals surface area (Å²) in [4.78, 5) is 16.7. The van der Waals surface area contributed by atoms with Crippen molar-refractivity contribution in [3.8, 4) is 17.0 Å². The van der Waals surface area contributed by atoms with Gasteiger partial charge >= 0.3 is 0 Å². The lowest BCUT2D eigenvalue weighted by atomic mass is 10.2. The largest absolute Gasteiger partial charge is 0.484 e. The van der Waals surface area contributed by atoms with Crippen molar-refractivity contribution in [2.24, 2.45) is 0 Å². The van der Waals surface area contributed by atoms with Gasteiger partial charge in [-0.3, -0.25) is 9.10 Å². The number of carbonyl (C=O) groups is 1. The molecule has 2 aromatic heterocycles. The van der Waals surface area contributed by atoms with Gasteiger partial charge in [0.05, 0.1) is 17.9 Å². The molecule has 0 aliphatic rings. The van der Waals surface area contributed by atoms with Crippen LogP contribution in [0.4, 0.5) is 5.69 Å². The predicted octanol–water partition coefficient (Wildman–Crippen LogP) is 4.39. The molecule has 7 nitrogen and oxygen atoms in total. The number of thiazole rings is 1. The number of sulfonamides is 1. The number of aromatic nitrogens is 1. The molecule has 4 aromatic rings. The third-order valence-corrected chi connectivity index (χ3v) is 8.75. The van der Waals surface area contributed by atoms with Gasteiger partial charge in [-0.05, 0) is 35.7 Å². The number of amides is 1. The molecule has 1 N–H and O–H groups in total. The Morgan fingerprint density at radius 3 is 2.48 bits per heavy atom. The van der Waals surface area contributed by atoms with Crippen LogP contribution >= 0.6 is 22.7 Å². The van der Waals surface area contributed by atoms with Crippen LogP contribution in [-0.4, -0.2) is 33.0 Å². The van der Waals surface area contributed by atoms with E-state index in [9.17, 15) is 13.2 Å². The highest BCUT2D eigenvalue weighted by atomic mass is 32.2. The third kappa shape index (κ3) is 5.59. The number of thiophene rings is 1. The van der Waals surface area contributed by atoms with Gasteiger partial charge in [-0.25, -0.2) is 13.4 Å². The molecule has 33 heavy (non-hydrogen) atoms. The quantitative estimate of drug-likeness (QED) is 0.369. The molecule has 10 heteroatoms. The molecule has 0 radical (unpaired) electrons. The first-order valence-corrected chi connectivity index (χ1v) is 13.2.